The quantitative estimate of drug-likeness (QED) is 0.423. The molecule has 3 rings (SSSR count). The van der Waals surface area contributed by atoms with Gasteiger partial charge in [0, 0.05) is 39.9 Å². The molecule has 0 unspecified atom stereocenters. The lowest BCUT2D eigenvalue weighted by atomic mass is 9.90. The Balaban J connectivity index is 2.18. The number of hydrogen-bond donors (Lipinski definition) is 2. The monoisotopic (exact) mass is 398 g/mol. The second-order valence-corrected chi connectivity index (χ2v) is 6.88. The molecule has 0 fully saturated rings. The number of methoxy groups -OCH3 is 1. The molecule has 0 amide bonds. The zero-order valence-corrected chi connectivity index (χ0v) is 16.9. The Labute approximate surface area is 175 Å². The zero-order valence-electron chi connectivity index (χ0n) is 16.9. The minimum Gasteiger partial charge on any atom is -0.496 e. The average molecular weight is 398 g/mol. The highest BCUT2D eigenvalue weighted by molar-refractivity contribution is 6.39. The predicted molar refractivity (Wildman–Crippen MR) is 118 cm³/mol. The molecule has 0 saturated heterocycles. The van der Waals surface area contributed by atoms with E-state index in [1.54, 1.807) is 60.7 Å². The van der Waals surface area contributed by atoms with Crippen molar-refractivity contribution < 1.29 is 14.3 Å². The first kappa shape index (κ1) is 20.9. The fourth-order valence-electron chi connectivity index (χ4n) is 3.15. The van der Waals surface area contributed by atoms with E-state index in [1.807, 2.05) is 12.1 Å². The smallest absolute Gasteiger partial charge is 0.193 e. The Morgan fingerprint density at radius 2 is 1.33 bits per heavy atom. The van der Waals surface area contributed by atoms with Crippen molar-refractivity contribution in [1.29, 1.82) is 10.8 Å². The van der Waals surface area contributed by atoms with Crippen LogP contribution in [-0.4, -0.2) is 30.1 Å². The van der Waals surface area contributed by atoms with Crippen molar-refractivity contribution in [2.45, 2.75) is 13.3 Å². The number of carbonyl (C=O) groups excluding carboxylic acids is 2. The van der Waals surface area contributed by atoms with E-state index in [4.69, 9.17) is 15.6 Å². The van der Waals surface area contributed by atoms with E-state index >= 15 is 0 Å². The Kier molecular flexibility index (Phi) is 6.32. The maximum Gasteiger partial charge on any atom is 0.193 e. The van der Waals surface area contributed by atoms with E-state index in [0.29, 0.717) is 33.6 Å². The van der Waals surface area contributed by atoms with Crippen LogP contribution in [0, 0.1) is 10.8 Å². The summed E-state index contributed by atoms with van der Waals surface area (Å²) in [6.07, 6.45) is 0.0617. The van der Waals surface area contributed by atoms with E-state index in [2.05, 4.69) is 0 Å². The summed E-state index contributed by atoms with van der Waals surface area (Å²) in [6, 6.07) is 20.8. The predicted octanol–water partition coefficient (Wildman–Crippen LogP) is 4.76. The van der Waals surface area contributed by atoms with Crippen molar-refractivity contribution in [2.24, 2.45) is 0 Å². The number of ether oxygens (including phenoxy) is 1. The van der Waals surface area contributed by atoms with Crippen molar-refractivity contribution in [3.05, 3.63) is 101 Å². The summed E-state index contributed by atoms with van der Waals surface area (Å²) in [5, 5.41) is 15.8. The molecule has 2 N–H and O–H groups in total. The van der Waals surface area contributed by atoms with Crippen LogP contribution in [0.25, 0.3) is 0 Å². The number of ketones is 2. The molecule has 30 heavy (non-hydrogen) atoms. The van der Waals surface area contributed by atoms with Crippen molar-refractivity contribution >= 4 is 23.0 Å². The van der Waals surface area contributed by atoms with Gasteiger partial charge in [-0.3, -0.25) is 9.59 Å². The lowest BCUT2D eigenvalue weighted by molar-refractivity contribution is 0.103. The molecule has 0 aliphatic heterocycles. The molecule has 3 aromatic rings. The highest BCUT2D eigenvalue weighted by Crippen LogP contribution is 2.29. The van der Waals surface area contributed by atoms with Crippen LogP contribution in [0.3, 0.4) is 0 Å². The van der Waals surface area contributed by atoms with Crippen LogP contribution in [0.1, 0.15) is 44.3 Å². The summed E-state index contributed by atoms with van der Waals surface area (Å²) in [5.41, 5.74) is 2.30. The molecule has 3 aromatic carbocycles. The molecular weight excluding hydrogens is 376 g/mol. The Bertz CT molecular complexity index is 1120. The Morgan fingerprint density at radius 1 is 0.800 bits per heavy atom. The normalized spacial score (nSPS) is 10.3. The maximum atomic E-state index is 13.3. The van der Waals surface area contributed by atoms with Crippen LogP contribution in [0.2, 0.25) is 0 Å². The molecule has 150 valence electrons. The first-order valence-electron chi connectivity index (χ1n) is 9.45. The van der Waals surface area contributed by atoms with Gasteiger partial charge in [0.1, 0.15) is 5.75 Å². The first-order chi connectivity index (χ1) is 14.4. The van der Waals surface area contributed by atoms with Gasteiger partial charge in [-0.2, -0.15) is 0 Å². The lowest BCUT2D eigenvalue weighted by Gasteiger charge is -2.16. The average Bonchev–Trinajstić information content (AvgIpc) is 2.79. The minimum atomic E-state index is -0.262. The topological polar surface area (TPSA) is 91.1 Å². The Morgan fingerprint density at radius 3 is 1.83 bits per heavy atom. The molecule has 0 aliphatic carbocycles. The van der Waals surface area contributed by atoms with Crippen molar-refractivity contribution in [2.75, 3.05) is 7.11 Å². The molecule has 0 saturated carbocycles. The summed E-state index contributed by atoms with van der Waals surface area (Å²) >= 11 is 0. The van der Waals surface area contributed by atoms with Gasteiger partial charge in [-0.1, -0.05) is 60.7 Å². The van der Waals surface area contributed by atoms with Crippen molar-refractivity contribution in [3.8, 4) is 5.75 Å². The summed E-state index contributed by atoms with van der Waals surface area (Å²) < 4.78 is 5.51. The van der Waals surface area contributed by atoms with Gasteiger partial charge in [-0.05, 0) is 19.1 Å². The van der Waals surface area contributed by atoms with Gasteiger partial charge in [-0.15, -0.1) is 0 Å². The number of rotatable bonds is 8. The summed E-state index contributed by atoms with van der Waals surface area (Å²) in [4.78, 5) is 26.3. The van der Waals surface area contributed by atoms with Crippen LogP contribution in [0.4, 0.5) is 0 Å². The van der Waals surface area contributed by atoms with E-state index < -0.39 is 0 Å². The van der Waals surface area contributed by atoms with E-state index in [0.717, 1.165) is 0 Å². The molecule has 5 heteroatoms. The Hall–Kier alpha value is -3.86. The fraction of sp³-hybridized carbons (Fsp3) is 0.120. The number of benzene rings is 3. The molecule has 0 aliphatic rings. The maximum absolute atomic E-state index is 13.3. The molecule has 0 radical (unpaired) electrons. The second kappa shape index (κ2) is 9.09. The van der Waals surface area contributed by atoms with Crippen LogP contribution >= 0.6 is 0 Å². The van der Waals surface area contributed by atoms with Crippen LogP contribution in [0.5, 0.6) is 5.75 Å². The van der Waals surface area contributed by atoms with Gasteiger partial charge in [0.05, 0.1) is 12.8 Å². The van der Waals surface area contributed by atoms with E-state index in [9.17, 15) is 9.59 Å². The molecule has 0 aromatic heterocycles. The van der Waals surface area contributed by atoms with Crippen LogP contribution in [-0.2, 0) is 6.42 Å². The molecule has 0 heterocycles. The standard InChI is InChI=1S/C25H22N2O3/c1-16(26)22(27)15-20-21(25(29)18-11-7-4-8-12-18)13-19(14-23(20)30-2)24(28)17-9-5-3-6-10-17/h3-14,26-27H,15H2,1-2H3. The summed E-state index contributed by atoms with van der Waals surface area (Å²) in [5.74, 6) is -0.134. The van der Waals surface area contributed by atoms with Crippen molar-refractivity contribution in [1.82, 2.24) is 0 Å². The fourth-order valence-corrected chi connectivity index (χ4v) is 3.15. The van der Waals surface area contributed by atoms with Gasteiger partial charge in [-0.25, -0.2) is 0 Å². The largest absolute Gasteiger partial charge is 0.496 e. The third-order valence-electron chi connectivity index (χ3n) is 4.81. The SMILES string of the molecule is COc1cc(C(=O)c2ccccc2)cc(C(=O)c2ccccc2)c1CC(=N)C(C)=N. The zero-order chi connectivity index (χ0) is 21.7. The highest BCUT2D eigenvalue weighted by Gasteiger charge is 2.23. The van der Waals surface area contributed by atoms with Gasteiger partial charge in [0.15, 0.2) is 11.6 Å². The highest BCUT2D eigenvalue weighted by atomic mass is 16.5. The minimum absolute atomic E-state index is 0.0617. The summed E-state index contributed by atoms with van der Waals surface area (Å²) in [7, 11) is 1.47. The molecule has 0 bridgehead atoms. The summed E-state index contributed by atoms with van der Waals surface area (Å²) in [6.45, 7) is 1.53. The van der Waals surface area contributed by atoms with Gasteiger partial charge >= 0.3 is 0 Å². The number of hydrogen-bond acceptors (Lipinski definition) is 5. The molecule has 0 spiro atoms. The molecule has 0 atom stereocenters. The van der Waals surface area contributed by atoms with Crippen molar-refractivity contribution in [3.63, 3.8) is 0 Å². The van der Waals surface area contributed by atoms with Gasteiger partial charge in [0.25, 0.3) is 0 Å². The second-order valence-electron chi connectivity index (χ2n) is 6.88. The molecular formula is C25H22N2O3. The number of nitrogens with one attached hydrogen (secondary N) is 2. The third kappa shape index (κ3) is 4.41. The van der Waals surface area contributed by atoms with Crippen LogP contribution < -0.4 is 4.74 Å². The van der Waals surface area contributed by atoms with Gasteiger partial charge in [0.2, 0.25) is 0 Å². The van der Waals surface area contributed by atoms with Gasteiger partial charge < -0.3 is 15.6 Å². The lowest BCUT2D eigenvalue weighted by Crippen LogP contribution is -2.17. The van der Waals surface area contributed by atoms with E-state index in [-0.39, 0.29) is 29.4 Å². The molecule has 5 nitrogen and oxygen atoms in total. The number of carbonyl (C=O) groups is 2. The van der Waals surface area contributed by atoms with Crippen LogP contribution in [0.15, 0.2) is 72.8 Å². The van der Waals surface area contributed by atoms with E-state index in [1.165, 1.54) is 14.0 Å². The third-order valence-corrected chi connectivity index (χ3v) is 4.81. The first-order valence-corrected chi connectivity index (χ1v) is 9.45.